The van der Waals surface area contributed by atoms with Gasteiger partial charge in [0.25, 0.3) is 0 Å². The van der Waals surface area contributed by atoms with Crippen LogP contribution in [0, 0.1) is 5.92 Å². The average Bonchev–Trinajstić information content (AvgIpc) is 3.04. The zero-order chi connectivity index (χ0) is 19.6. The number of amides is 1. The SMILES string of the molecule is CCNC(=NCC(C)CN(C)C(=O)OC(C)(C)C)NCCn1cccc1.I. The molecule has 156 valence electrons. The number of halogens is 1. The first-order chi connectivity index (χ1) is 12.2. The molecule has 1 amide bonds. The third-order valence-corrected chi connectivity index (χ3v) is 3.52. The number of carbonyl (C=O) groups excluding carboxylic acids is 1. The smallest absolute Gasteiger partial charge is 0.410 e. The molecule has 1 aromatic rings. The molecule has 2 N–H and O–H groups in total. The first-order valence-corrected chi connectivity index (χ1v) is 9.28. The van der Waals surface area contributed by atoms with Crippen molar-refractivity contribution in [2.75, 3.05) is 33.2 Å². The first-order valence-electron chi connectivity index (χ1n) is 9.28. The monoisotopic (exact) mass is 493 g/mol. The third kappa shape index (κ3) is 11.8. The van der Waals surface area contributed by atoms with Gasteiger partial charge < -0.3 is 24.8 Å². The lowest BCUT2D eigenvalue weighted by atomic mass is 10.2. The summed E-state index contributed by atoms with van der Waals surface area (Å²) in [6.45, 7) is 13.4. The van der Waals surface area contributed by atoms with E-state index in [4.69, 9.17) is 4.74 Å². The molecule has 1 heterocycles. The molecular weight excluding hydrogens is 457 g/mol. The van der Waals surface area contributed by atoms with Crippen molar-refractivity contribution in [3.8, 4) is 0 Å². The molecule has 1 unspecified atom stereocenters. The predicted octanol–water partition coefficient (Wildman–Crippen LogP) is 3.16. The highest BCUT2D eigenvalue weighted by Gasteiger charge is 2.20. The van der Waals surface area contributed by atoms with Gasteiger partial charge in [0.2, 0.25) is 0 Å². The topological polar surface area (TPSA) is 70.9 Å². The van der Waals surface area contributed by atoms with E-state index in [1.54, 1.807) is 11.9 Å². The molecule has 27 heavy (non-hydrogen) atoms. The summed E-state index contributed by atoms with van der Waals surface area (Å²) in [6.07, 6.45) is 3.78. The van der Waals surface area contributed by atoms with E-state index in [1.165, 1.54) is 0 Å². The van der Waals surface area contributed by atoms with E-state index in [0.29, 0.717) is 13.1 Å². The second-order valence-electron chi connectivity index (χ2n) is 7.53. The van der Waals surface area contributed by atoms with Crippen molar-refractivity contribution in [1.29, 1.82) is 0 Å². The summed E-state index contributed by atoms with van der Waals surface area (Å²) < 4.78 is 7.50. The first kappa shape index (κ1) is 25.6. The second kappa shape index (κ2) is 12.9. The highest BCUT2D eigenvalue weighted by atomic mass is 127. The van der Waals surface area contributed by atoms with Crippen molar-refractivity contribution in [1.82, 2.24) is 20.1 Å². The fourth-order valence-corrected chi connectivity index (χ4v) is 2.35. The zero-order valence-electron chi connectivity index (χ0n) is 17.5. The van der Waals surface area contributed by atoms with Gasteiger partial charge in [0.15, 0.2) is 5.96 Å². The van der Waals surface area contributed by atoms with Gasteiger partial charge in [-0.15, -0.1) is 24.0 Å². The van der Waals surface area contributed by atoms with E-state index in [2.05, 4.69) is 27.1 Å². The van der Waals surface area contributed by atoms with Crippen LogP contribution in [-0.4, -0.2) is 60.3 Å². The molecule has 0 aliphatic rings. The number of guanidine groups is 1. The van der Waals surface area contributed by atoms with Crippen LogP contribution in [0.25, 0.3) is 0 Å². The molecule has 0 spiro atoms. The zero-order valence-corrected chi connectivity index (χ0v) is 19.8. The van der Waals surface area contributed by atoms with E-state index in [-0.39, 0.29) is 36.0 Å². The van der Waals surface area contributed by atoms with Crippen molar-refractivity contribution in [3.63, 3.8) is 0 Å². The number of carbonyl (C=O) groups is 1. The Morgan fingerprint density at radius 2 is 1.89 bits per heavy atom. The van der Waals surface area contributed by atoms with Crippen LogP contribution in [0.5, 0.6) is 0 Å². The maximum Gasteiger partial charge on any atom is 0.410 e. The number of nitrogens with zero attached hydrogens (tertiary/aromatic N) is 3. The van der Waals surface area contributed by atoms with E-state index in [1.807, 2.05) is 52.2 Å². The minimum atomic E-state index is -0.478. The van der Waals surface area contributed by atoms with E-state index < -0.39 is 5.60 Å². The molecule has 0 fully saturated rings. The maximum atomic E-state index is 12.0. The van der Waals surface area contributed by atoms with Crippen molar-refractivity contribution >= 4 is 36.0 Å². The lowest BCUT2D eigenvalue weighted by Gasteiger charge is -2.26. The molecule has 7 nitrogen and oxygen atoms in total. The summed E-state index contributed by atoms with van der Waals surface area (Å²) in [7, 11) is 1.76. The summed E-state index contributed by atoms with van der Waals surface area (Å²) in [5.74, 6) is 1.03. The van der Waals surface area contributed by atoms with E-state index in [9.17, 15) is 4.79 Å². The van der Waals surface area contributed by atoms with Crippen molar-refractivity contribution in [2.24, 2.45) is 10.9 Å². The molecule has 8 heteroatoms. The third-order valence-electron chi connectivity index (χ3n) is 3.52. The number of rotatable bonds is 8. The lowest BCUT2D eigenvalue weighted by Crippen LogP contribution is -2.40. The van der Waals surface area contributed by atoms with Gasteiger partial charge in [-0.25, -0.2) is 4.79 Å². The van der Waals surface area contributed by atoms with Crippen LogP contribution in [0.4, 0.5) is 4.79 Å². The maximum absolute atomic E-state index is 12.0. The Labute approximate surface area is 180 Å². The van der Waals surface area contributed by atoms with Crippen LogP contribution in [0.2, 0.25) is 0 Å². The Morgan fingerprint density at radius 1 is 1.26 bits per heavy atom. The summed E-state index contributed by atoms with van der Waals surface area (Å²) in [4.78, 5) is 18.3. The molecular formula is C19H36IN5O2. The number of aliphatic imine (C=N–C) groups is 1. The number of nitrogens with one attached hydrogen (secondary N) is 2. The number of hydrogen-bond acceptors (Lipinski definition) is 3. The van der Waals surface area contributed by atoms with Crippen LogP contribution < -0.4 is 10.6 Å². The van der Waals surface area contributed by atoms with Gasteiger partial charge in [0.1, 0.15) is 5.60 Å². The number of hydrogen-bond donors (Lipinski definition) is 2. The Bertz CT molecular complexity index is 555. The van der Waals surface area contributed by atoms with Gasteiger partial charge in [-0.3, -0.25) is 4.99 Å². The van der Waals surface area contributed by atoms with Crippen molar-refractivity contribution < 1.29 is 9.53 Å². The fraction of sp³-hybridized carbons (Fsp3) is 0.684. The fourth-order valence-electron chi connectivity index (χ4n) is 2.35. The predicted molar refractivity (Wildman–Crippen MR) is 122 cm³/mol. The second-order valence-corrected chi connectivity index (χ2v) is 7.53. The normalized spacial score (nSPS) is 12.7. The van der Waals surface area contributed by atoms with Gasteiger partial charge in [-0.05, 0) is 45.7 Å². The molecule has 1 atom stereocenters. The van der Waals surface area contributed by atoms with Gasteiger partial charge in [0, 0.05) is 52.2 Å². The number of ether oxygens (including phenoxy) is 1. The Hall–Kier alpha value is -1.45. The van der Waals surface area contributed by atoms with Crippen molar-refractivity contribution in [3.05, 3.63) is 24.5 Å². The molecule has 0 bridgehead atoms. The molecule has 0 aliphatic carbocycles. The quantitative estimate of drug-likeness (QED) is 0.332. The summed E-state index contributed by atoms with van der Waals surface area (Å²) in [5.41, 5.74) is -0.478. The molecule has 0 saturated heterocycles. The van der Waals surface area contributed by atoms with Crippen LogP contribution >= 0.6 is 24.0 Å². The standard InChI is InChI=1S/C19H35N5O2.HI/c1-7-20-17(21-10-13-24-11-8-9-12-24)22-14-16(2)15-23(6)18(25)26-19(3,4)5;/h8-9,11-12,16H,7,10,13-15H2,1-6H3,(H2,20,21,22);1H. The van der Waals surface area contributed by atoms with E-state index >= 15 is 0 Å². The van der Waals surface area contributed by atoms with Gasteiger partial charge in [-0.2, -0.15) is 0 Å². The van der Waals surface area contributed by atoms with Gasteiger partial charge in [0.05, 0.1) is 0 Å². The summed E-state index contributed by atoms with van der Waals surface area (Å²) >= 11 is 0. The van der Waals surface area contributed by atoms with Gasteiger partial charge in [-0.1, -0.05) is 6.92 Å². The Morgan fingerprint density at radius 3 is 2.44 bits per heavy atom. The van der Waals surface area contributed by atoms with Crippen molar-refractivity contribution in [2.45, 2.75) is 46.8 Å². The molecule has 0 aliphatic heterocycles. The van der Waals surface area contributed by atoms with Crippen LogP contribution in [-0.2, 0) is 11.3 Å². The minimum absolute atomic E-state index is 0. The average molecular weight is 493 g/mol. The highest BCUT2D eigenvalue weighted by Crippen LogP contribution is 2.10. The Kier molecular flexibility index (Phi) is 12.2. The van der Waals surface area contributed by atoms with E-state index in [0.717, 1.165) is 25.6 Å². The van der Waals surface area contributed by atoms with Crippen LogP contribution in [0.1, 0.15) is 34.6 Å². The minimum Gasteiger partial charge on any atom is -0.444 e. The highest BCUT2D eigenvalue weighted by molar-refractivity contribution is 14.0. The molecule has 1 aromatic heterocycles. The summed E-state index contributed by atoms with van der Waals surface area (Å²) in [5, 5.41) is 6.58. The number of aromatic nitrogens is 1. The van der Waals surface area contributed by atoms with Gasteiger partial charge >= 0.3 is 6.09 Å². The van der Waals surface area contributed by atoms with Crippen LogP contribution in [0.15, 0.2) is 29.5 Å². The van der Waals surface area contributed by atoms with Crippen LogP contribution in [0.3, 0.4) is 0 Å². The molecule has 0 aromatic carbocycles. The molecule has 0 radical (unpaired) electrons. The Balaban J connectivity index is 0.00000676. The largest absolute Gasteiger partial charge is 0.444 e. The molecule has 1 rings (SSSR count). The lowest BCUT2D eigenvalue weighted by molar-refractivity contribution is 0.0279. The molecule has 0 saturated carbocycles. The summed E-state index contributed by atoms with van der Waals surface area (Å²) in [6, 6.07) is 4.03.